The Labute approximate surface area is 180 Å². The molecule has 0 aliphatic carbocycles. The fourth-order valence-electron chi connectivity index (χ4n) is 2.60. The van der Waals surface area contributed by atoms with Crippen LogP contribution in [0.2, 0.25) is 0 Å². The number of benzene rings is 2. The van der Waals surface area contributed by atoms with E-state index in [-0.39, 0.29) is 17.7 Å². The van der Waals surface area contributed by atoms with Crippen LogP contribution in [0.5, 0.6) is 0 Å². The van der Waals surface area contributed by atoms with Crippen molar-refractivity contribution in [3.63, 3.8) is 0 Å². The standard InChI is InChI=1S/C21H19F4NO4S/c1-11(9-30-10-12-6-4-3-5-7-12)26-20(31-2)15(21(28)29)19(27)13-8-14(22)17(24)18(25)16(13)23/h3-8,11,26H,9-10H2,1-2H3,(H,28,29)/b20-15-. The molecule has 10 heteroatoms. The topological polar surface area (TPSA) is 75.6 Å². The normalized spacial score (nSPS) is 12.8. The Morgan fingerprint density at radius 3 is 2.32 bits per heavy atom. The zero-order chi connectivity index (χ0) is 23.1. The van der Waals surface area contributed by atoms with E-state index in [1.165, 1.54) is 6.26 Å². The second-order valence-electron chi connectivity index (χ2n) is 6.44. The molecule has 0 saturated carbocycles. The summed E-state index contributed by atoms with van der Waals surface area (Å²) in [5.74, 6) is -11.3. The summed E-state index contributed by atoms with van der Waals surface area (Å²) in [6, 6.07) is 8.93. The lowest BCUT2D eigenvalue weighted by Gasteiger charge is -2.19. The molecule has 0 spiro atoms. The van der Waals surface area contributed by atoms with Gasteiger partial charge in [0.15, 0.2) is 23.3 Å². The quantitative estimate of drug-likeness (QED) is 0.106. The molecule has 0 saturated heterocycles. The van der Waals surface area contributed by atoms with E-state index in [4.69, 9.17) is 4.74 Å². The van der Waals surface area contributed by atoms with Crippen molar-refractivity contribution >= 4 is 23.5 Å². The van der Waals surface area contributed by atoms with Gasteiger partial charge in [-0.15, -0.1) is 11.8 Å². The molecule has 166 valence electrons. The van der Waals surface area contributed by atoms with Gasteiger partial charge in [0.25, 0.3) is 0 Å². The molecule has 31 heavy (non-hydrogen) atoms. The number of rotatable bonds is 10. The lowest BCUT2D eigenvalue weighted by molar-refractivity contribution is -0.132. The van der Waals surface area contributed by atoms with Crippen LogP contribution >= 0.6 is 11.8 Å². The van der Waals surface area contributed by atoms with Crippen molar-refractivity contribution in [1.82, 2.24) is 5.32 Å². The van der Waals surface area contributed by atoms with Gasteiger partial charge in [0.05, 0.1) is 23.8 Å². The van der Waals surface area contributed by atoms with Crippen molar-refractivity contribution in [2.45, 2.75) is 19.6 Å². The van der Waals surface area contributed by atoms with Crippen LogP contribution in [0.25, 0.3) is 0 Å². The van der Waals surface area contributed by atoms with Gasteiger partial charge in [0.1, 0.15) is 5.57 Å². The largest absolute Gasteiger partial charge is 0.477 e. The SMILES string of the molecule is CS/C(NC(C)COCc1ccccc1)=C(\C(=O)O)C(=O)c1cc(F)c(F)c(F)c1F. The van der Waals surface area contributed by atoms with Crippen molar-refractivity contribution < 1.29 is 37.0 Å². The molecule has 5 nitrogen and oxygen atoms in total. The predicted molar refractivity (Wildman–Crippen MR) is 107 cm³/mol. The molecule has 0 bridgehead atoms. The molecule has 2 N–H and O–H groups in total. The third-order valence-corrected chi connectivity index (χ3v) is 4.81. The first kappa shape index (κ1) is 24.4. The van der Waals surface area contributed by atoms with Crippen LogP contribution in [-0.4, -0.2) is 35.8 Å². The lowest BCUT2D eigenvalue weighted by atomic mass is 10.0. The molecule has 0 aliphatic rings. The van der Waals surface area contributed by atoms with E-state index < -0.39 is 52.2 Å². The summed E-state index contributed by atoms with van der Waals surface area (Å²) in [5, 5.41) is 12.1. The summed E-state index contributed by atoms with van der Waals surface area (Å²) in [5.41, 5.74) is -1.24. The molecular formula is C21H19F4NO4S. The minimum atomic E-state index is -2.20. The smallest absolute Gasteiger partial charge is 0.342 e. The van der Waals surface area contributed by atoms with Gasteiger partial charge in [-0.25, -0.2) is 22.4 Å². The Hall–Kier alpha value is -2.85. The van der Waals surface area contributed by atoms with Crippen molar-refractivity contribution in [3.05, 3.63) is 81.4 Å². The van der Waals surface area contributed by atoms with Crippen LogP contribution in [0.4, 0.5) is 17.6 Å². The first-order valence-corrected chi connectivity index (χ1v) is 10.2. The Kier molecular flexibility index (Phi) is 8.64. The van der Waals surface area contributed by atoms with Gasteiger partial charge in [0, 0.05) is 6.04 Å². The summed E-state index contributed by atoms with van der Waals surface area (Å²) in [4.78, 5) is 24.3. The van der Waals surface area contributed by atoms with E-state index in [1.54, 1.807) is 6.92 Å². The molecule has 1 atom stereocenters. The number of nitrogens with one attached hydrogen (secondary N) is 1. The van der Waals surface area contributed by atoms with Crippen LogP contribution in [0.3, 0.4) is 0 Å². The molecule has 1 unspecified atom stereocenters. The number of thioether (sulfide) groups is 1. The minimum absolute atomic E-state index is 0.128. The molecular weight excluding hydrogens is 438 g/mol. The molecule has 0 radical (unpaired) electrons. The number of hydrogen-bond donors (Lipinski definition) is 2. The monoisotopic (exact) mass is 457 g/mol. The van der Waals surface area contributed by atoms with Crippen molar-refractivity contribution in [2.75, 3.05) is 12.9 Å². The van der Waals surface area contributed by atoms with Gasteiger partial charge in [-0.1, -0.05) is 30.3 Å². The van der Waals surface area contributed by atoms with Crippen LogP contribution in [0, 0.1) is 23.3 Å². The summed E-state index contributed by atoms with van der Waals surface area (Å²) in [6.45, 7) is 2.09. The van der Waals surface area contributed by atoms with Crippen molar-refractivity contribution in [2.24, 2.45) is 0 Å². The number of Topliss-reactive ketones (excluding diaryl/α,β-unsaturated/α-hetero) is 1. The molecule has 0 amide bonds. The number of carbonyl (C=O) groups excluding carboxylic acids is 1. The zero-order valence-electron chi connectivity index (χ0n) is 16.5. The molecule has 0 aliphatic heterocycles. The molecule has 2 aromatic rings. The van der Waals surface area contributed by atoms with E-state index in [0.717, 1.165) is 17.3 Å². The highest BCUT2D eigenvalue weighted by Crippen LogP contribution is 2.24. The molecule has 0 aromatic heterocycles. The van der Waals surface area contributed by atoms with Crippen LogP contribution in [0.15, 0.2) is 47.0 Å². The maximum absolute atomic E-state index is 14.0. The molecule has 0 fully saturated rings. The highest BCUT2D eigenvalue weighted by atomic mass is 32.2. The van der Waals surface area contributed by atoms with E-state index in [0.29, 0.717) is 6.61 Å². The van der Waals surface area contributed by atoms with Gasteiger partial charge < -0.3 is 15.2 Å². The van der Waals surface area contributed by atoms with Crippen LogP contribution < -0.4 is 5.32 Å². The Bertz CT molecular complexity index is 999. The van der Waals surface area contributed by atoms with Gasteiger partial charge in [-0.3, -0.25) is 4.79 Å². The number of ether oxygens (including phenoxy) is 1. The minimum Gasteiger partial charge on any atom is -0.477 e. The number of carboxylic acid groups (broad SMARTS) is 1. The average molecular weight is 457 g/mol. The number of ketones is 1. The zero-order valence-corrected chi connectivity index (χ0v) is 17.4. The van der Waals surface area contributed by atoms with Gasteiger partial charge >= 0.3 is 5.97 Å². The summed E-state index contributed by atoms with van der Waals surface area (Å²) >= 11 is 0.832. The van der Waals surface area contributed by atoms with Crippen molar-refractivity contribution in [1.29, 1.82) is 0 Å². The molecule has 0 heterocycles. The summed E-state index contributed by atoms with van der Waals surface area (Å²) in [7, 11) is 0. The highest BCUT2D eigenvalue weighted by Gasteiger charge is 2.30. The van der Waals surface area contributed by atoms with Crippen LogP contribution in [0.1, 0.15) is 22.8 Å². The van der Waals surface area contributed by atoms with Crippen LogP contribution in [-0.2, 0) is 16.1 Å². The van der Waals surface area contributed by atoms with E-state index in [1.807, 2.05) is 30.3 Å². The average Bonchev–Trinajstić information content (AvgIpc) is 2.74. The Morgan fingerprint density at radius 2 is 1.74 bits per heavy atom. The number of aliphatic carboxylic acids is 1. The lowest BCUT2D eigenvalue weighted by Crippen LogP contribution is -2.32. The van der Waals surface area contributed by atoms with E-state index in [9.17, 15) is 32.3 Å². The maximum Gasteiger partial charge on any atom is 0.342 e. The number of carboxylic acids is 1. The second kappa shape index (κ2) is 11.0. The molecule has 2 aromatic carbocycles. The fraction of sp³-hybridized carbons (Fsp3) is 0.238. The molecule has 2 rings (SSSR count). The van der Waals surface area contributed by atoms with Crippen molar-refractivity contribution in [3.8, 4) is 0 Å². The van der Waals surface area contributed by atoms with Gasteiger partial charge in [-0.05, 0) is 24.8 Å². The fourth-order valence-corrected chi connectivity index (χ4v) is 3.30. The highest BCUT2D eigenvalue weighted by molar-refractivity contribution is 8.02. The third-order valence-electron chi connectivity index (χ3n) is 4.08. The Balaban J connectivity index is 2.24. The third kappa shape index (κ3) is 6.08. The summed E-state index contributed by atoms with van der Waals surface area (Å²) < 4.78 is 59.7. The number of halogens is 4. The second-order valence-corrected chi connectivity index (χ2v) is 7.25. The first-order valence-electron chi connectivity index (χ1n) is 8.94. The predicted octanol–water partition coefficient (Wildman–Crippen LogP) is 4.28. The first-order chi connectivity index (χ1) is 14.7. The number of carbonyl (C=O) groups is 2. The summed E-state index contributed by atoms with van der Waals surface area (Å²) in [6.07, 6.45) is 1.46. The number of hydrogen-bond acceptors (Lipinski definition) is 5. The van der Waals surface area contributed by atoms with E-state index >= 15 is 0 Å². The van der Waals surface area contributed by atoms with E-state index in [2.05, 4.69) is 5.32 Å². The van der Waals surface area contributed by atoms with Gasteiger partial charge in [0.2, 0.25) is 5.78 Å². The Morgan fingerprint density at radius 1 is 1.10 bits per heavy atom. The maximum atomic E-state index is 14.0. The van der Waals surface area contributed by atoms with Gasteiger partial charge in [-0.2, -0.15) is 0 Å².